The third-order valence-corrected chi connectivity index (χ3v) is 16.0. The van der Waals surface area contributed by atoms with Crippen molar-refractivity contribution in [3.63, 3.8) is 0 Å². The van der Waals surface area contributed by atoms with Crippen molar-refractivity contribution in [3.05, 3.63) is 23.3 Å². The second-order valence-electron chi connectivity index (χ2n) is 17.8. The van der Waals surface area contributed by atoms with Gasteiger partial charge in [-0.2, -0.15) is 0 Å². The SMILES string of the molecule is C[C@]12CCC(=O)C=C1CCC1C2CC[C@@]2(C)C1CC[C@@H]2O.C[C@]12CCC(=O)C=C1CCC1C2CC[C@@]2(C)C1CC[C@@H]2OC(=O)O.O=C(O)Cl.[Ar].[Ar]. The fraction of sp³-hybridized carbons (Fsp3) is 0.800. The smallest absolute Gasteiger partial charge is 0.469 e. The molecule has 0 aromatic heterocycles. The van der Waals surface area contributed by atoms with Gasteiger partial charge in [0.05, 0.1) is 6.10 Å². The average molecular weight is 781 g/mol. The largest absolute Gasteiger partial charge is 0.506 e. The van der Waals surface area contributed by atoms with E-state index in [0.29, 0.717) is 41.7 Å². The summed E-state index contributed by atoms with van der Waals surface area (Å²) in [7, 11) is 0. The maximum Gasteiger partial charge on any atom is 0.506 e. The predicted molar refractivity (Wildman–Crippen MR) is 186 cm³/mol. The van der Waals surface area contributed by atoms with Crippen molar-refractivity contribution in [2.45, 2.75) is 143 Å². The number of halogens is 1. The summed E-state index contributed by atoms with van der Waals surface area (Å²) in [6.07, 6.45) is 19.4. The molecule has 12 atom stereocenters. The topological polar surface area (TPSA) is 138 Å². The molecule has 0 aromatic rings. The zero-order valence-electron chi connectivity index (χ0n) is 30.6. The van der Waals surface area contributed by atoms with Crippen molar-refractivity contribution in [1.29, 1.82) is 0 Å². The monoisotopic (exact) mass is 780 g/mol. The Kier molecular flexibility index (Phi) is 14.5. The van der Waals surface area contributed by atoms with Crippen LogP contribution in [0.2, 0.25) is 0 Å². The molecule has 0 heterocycles. The Balaban J connectivity index is 0.000000201. The number of carbonyl (C=O) groups is 4. The van der Waals surface area contributed by atoms with Gasteiger partial charge in [-0.1, -0.05) is 38.8 Å². The Morgan fingerprint density at radius 1 is 0.647 bits per heavy atom. The molecule has 0 aromatic carbocycles. The first-order valence-corrected chi connectivity index (χ1v) is 19.3. The molecule has 0 radical (unpaired) electrons. The van der Waals surface area contributed by atoms with Crippen LogP contribution in [0.4, 0.5) is 9.59 Å². The Hall–Kier alpha value is 0.329. The maximum absolute atomic E-state index is 11.9. The number of hydrogen-bond acceptors (Lipinski definition) is 6. The Morgan fingerprint density at radius 3 is 1.55 bits per heavy atom. The number of ether oxygens (including phenoxy) is 1. The zero-order chi connectivity index (χ0) is 35.5. The first-order valence-electron chi connectivity index (χ1n) is 19.0. The molecule has 6 saturated carbocycles. The molecule has 0 bridgehead atoms. The first kappa shape index (κ1) is 44.0. The molecule has 6 fully saturated rings. The van der Waals surface area contributed by atoms with Gasteiger partial charge in [0, 0.05) is 105 Å². The summed E-state index contributed by atoms with van der Waals surface area (Å²) in [6, 6.07) is 0. The third-order valence-electron chi connectivity index (χ3n) is 16.0. The molecule has 8 rings (SSSR count). The van der Waals surface area contributed by atoms with Crippen LogP contribution >= 0.6 is 11.6 Å². The van der Waals surface area contributed by atoms with E-state index in [-0.39, 0.29) is 109 Å². The van der Waals surface area contributed by atoms with Gasteiger partial charge in [-0.15, -0.1) is 0 Å². The van der Waals surface area contributed by atoms with Gasteiger partial charge < -0.3 is 20.1 Å². The van der Waals surface area contributed by atoms with Gasteiger partial charge in [0.25, 0.3) is 0 Å². The maximum atomic E-state index is 11.9. The molecule has 11 heteroatoms. The number of carboxylic acid groups (broad SMARTS) is 2. The van der Waals surface area contributed by atoms with Gasteiger partial charge in [0.15, 0.2) is 11.6 Å². The quantitative estimate of drug-likeness (QED) is 0.177. The molecular weight excluding hydrogens is 724 g/mol. The van der Waals surface area contributed by atoms with Crippen LogP contribution in [0.5, 0.6) is 0 Å². The van der Waals surface area contributed by atoms with Gasteiger partial charge in [0.1, 0.15) is 6.10 Å². The van der Waals surface area contributed by atoms with E-state index in [1.807, 2.05) is 12.2 Å². The Morgan fingerprint density at radius 2 is 1.08 bits per heavy atom. The van der Waals surface area contributed by atoms with E-state index in [4.69, 9.17) is 19.7 Å². The van der Waals surface area contributed by atoms with Crippen LogP contribution in [0.1, 0.15) is 130 Å². The van der Waals surface area contributed by atoms with Crippen LogP contribution in [0, 0.1) is 133 Å². The van der Waals surface area contributed by atoms with Crippen LogP contribution < -0.4 is 0 Å². The molecule has 0 amide bonds. The number of aliphatic hydroxyl groups excluding tert-OH is 1. The fourth-order valence-corrected chi connectivity index (χ4v) is 13.4. The number of allylic oxidation sites excluding steroid dienone is 2. The molecular formula is C40H57Ar2ClO8. The van der Waals surface area contributed by atoms with E-state index >= 15 is 0 Å². The number of carbonyl (C=O) groups excluding carboxylic acids is 2. The van der Waals surface area contributed by atoms with Crippen molar-refractivity contribution < 1.29 is 115 Å². The minimum atomic E-state index is -1.36. The molecule has 8 nitrogen and oxygen atoms in total. The summed E-state index contributed by atoms with van der Waals surface area (Å²) < 4.78 is 5.27. The van der Waals surface area contributed by atoms with Gasteiger partial charge in [-0.05, 0) is 154 Å². The fourth-order valence-electron chi connectivity index (χ4n) is 13.4. The van der Waals surface area contributed by atoms with Gasteiger partial charge in [-0.25, -0.2) is 9.59 Å². The van der Waals surface area contributed by atoms with Crippen molar-refractivity contribution in [1.82, 2.24) is 0 Å². The van der Waals surface area contributed by atoms with E-state index in [2.05, 4.69) is 39.3 Å². The van der Waals surface area contributed by atoms with E-state index < -0.39 is 11.6 Å². The normalized spacial score (nSPS) is 44.4. The Bertz CT molecular complexity index is 1430. The van der Waals surface area contributed by atoms with Gasteiger partial charge in [-0.3, -0.25) is 9.59 Å². The minimum absolute atomic E-state index is 0. The molecule has 0 aliphatic heterocycles. The van der Waals surface area contributed by atoms with Crippen molar-refractivity contribution in [3.8, 4) is 0 Å². The molecule has 8 aliphatic carbocycles. The standard InChI is InChI=1S/C20H28O4.C19H28O2.CHClO2.2Ar/c1-19-9-7-13(21)11-12(19)3-4-14-15-5-6-17(24-18(22)23)20(15,2)10-8-16(14)19;1-18-9-7-13(20)11-12(18)3-4-14-15-5-6-17(21)19(15,2)10-8-16(14)18;2-1(3)4;;/h11,14-17H,3-10H2,1-2H3,(H,22,23);11,14-17,21H,3-10H2,1-2H3;(H,3,4);;/t14?,15?,16?,17-,19-,20-;14?,15?,16?,17-,18-,19-;;;/m00.../s1. The molecule has 0 spiro atoms. The molecule has 0 saturated heterocycles. The zero-order valence-corrected chi connectivity index (χ0v) is 32.7. The molecule has 51 heavy (non-hydrogen) atoms. The first-order chi connectivity index (χ1) is 23.0. The van der Waals surface area contributed by atoms with Crippen LogP contribution in [-0.4, -0.2) is 50.7 Å². The molecule has 288 valence electrons. The second kappa shape index (κ2) is 16.8. The van der Waals surface area contributed by atoms with Crippen molar-refractivity contribution in [2.75, 3.05) is 0 Å². The summed E-state index contributed by atoms with van der Waals surface area (Å²) in [5.41, 5.74) is 2.10. The summed E-state index contributed by atoms with van der Waals surface area (Å²) in [5.74, 6) is 4.74. The summed E-state index contributed by atoms with van der Waals surface area (Å²) in [5, 5.41) is 26.7. The van der Waals surface area contributed by atoms with E-state index in [1.165, 1.54) is 36.8 Å². The third kappa shape index (κ3) is 8.12. The van der Waals surface area contributed by atoms with Crippen LogP contribution in [0.25, 0.3) is 0 Å². The minimum Gasteiger partial charge on any atom is -0.469 e. The summed E-state index contributed by atoms with van der Waals surface area (Å²) in [4.78, 5) is 43.5. The van der Waals surface area contributed by atoms with Gasteiger partial charge >= 0.3 is 11.6 Å². The van der Waals surface area contributed by atoms with Crippen LogP contribution in [0.3, 0.4) is 0 Å². The van der Waals surface area contributed by atoms with E-state index in [1.54, 1.807) is 0 Å². The van der Waals surface area contributed by atoms with Crippen molar-refractivity contribution in [2.24, 2.45) is 57.2 Å². The number of aliphatic hydroxyl groups is 1. The van der Waals surface area contributed by atoms with E-state index in [0.717, 1.165) is 82.5 Å². The second-order valence-corrected chi connectivity index (χ2v) is 18.1. The number of rotatable bonds is 1. The molecule has 6 unspecified atom stereocenters. The van der Waals surface area contributed by atoms with Crippen LogP contribution in [0.15, 0.2) is 23.3 Å². The van der Waals surface area contributed by atoms with Gasteiger partial charge in [0.2, 0.25) is 0 Å². The predicted octanol–water partition coefficient (Wildman–Crippen LogP) is 9.36. The van der Waals surface area contributed by atoms with Crippen molar-refractivity contribution >= 4 is 34.8 Å². The van der Waals surface area contributed by atoms with E-state index in [9.17, 15) is 19.5 Å². The summed E-state index contributed by atoms with van der Waals surface area (Å²) >= 11 is 4.19. The van der Waals surface area contributed by atoms with Crippen LogP contribution in [-0.2, 0) is 14.3 Å². The number of ketones is 2. The molecule has 8 aliphatic rings. The molecule has 3 N–H and O–H groups in total. The Labute approximate surface area is 368 Å². The summed E-state index contributed by atoms with van der Waals surface area (Å²) in [6.45, 7) is 9.40. The number of fused-ring (bicyclic) bond motifs is 10. The average Bonchev–Trinajstić information content (AvgIpc) is 3.52. The number of hydrogen-bond donors (Lipinski definition) is 3.